The number of hydrogen-bond acceptors (Lipinski definition) is 3. The highest BCUT2D eigenvalue weighted by Crippen LogP contribution is 2.26. The van der Waals surface area contributed by atoms with Crippen molar-refractivity contribution in [1.82, 2.24) is 0 Å². The van der Waals surface area contributed by atoms with Gasteiger partial charge in [0.25, 0.3) is 10.0 Å². The van der Waals surface area contributed by atoms with Gasteiger partial charge in [0.05, 0.1) is 11.4 Å². The summed E-state index contributed by atoms with van der Waals surface area (Å²) in [7, 11) is -3.71. The van der Waals surface area contributed by atoms with Gasteiger partial charge in [-0.25, -0.2) is 12.8 Å². The Morgan fingerprint density at radius 2 is 1.58 bits per heavy atom. The third kappa shape index (κ3) is 6.86. The lowest BCUT2D eigenvalue weighted by Gasteiger charge is -2.23. The number of carbonyl (C=O) groups excluding carboxylic acids is 1. The van der Waals surface area contributed by atoms with Crippen molar-refractivity contribution in [2.75, 3.05) is 9.62 Å². The average molecular weight is 531 g/mol. The van der Waals surface area contributed by atoms with Crippen LogP contribution >= 0.6 is 0 Å². The molecule has 4 aromatic carbocycles. The normalized spacial score (nSPS) is 11.2. The number of nitrogens with zero attached hydrogens (tertiary/aromatic N) is 1. The van der Waals surface area contributed by atoms with Crippen molar-refractivity contribution in [1.29, 1.82) is 0 Å². The Labute approximate surface area is 224 Å². The van der Waals surface area contributed by atoms with Gasteiger partial charge < -0.3 is 4.90 Å². The van der Waals surface area contributed by atoms with E-state index in [0.29, 0.717) is 24.3 Å². The highest BCUT2D eigenvalue weighted by molar-refractivity contribution is 7.92. The first kappa shape index (κ1) is 27.1. The molecule has 1 N–H and O–H groups in total. The lowest BCUT2D eigenvalue weighted by molar-refractivity contribution is -0.118. The number of halogens is 1. The van der Waals surface area contributed by atoms with Gasteiger partial charge in [-0.15, -0.1) is 0 Å². The molecule has 0 aliphatic carbocycles. The third-order valence-corrected chi connectivity index (χ3v) is 7.64. The van der Waals surface area contributed by atoms with E-state index in [2.05, 4.69) is 4.72 Å². The molecule has 0 unspecified atom stereocenters. The van der Waals surface area contributed by atoms with Crippen LogP contribution < -0.4 is 9.62 Å². The molecular weight excluding hydrogens is 499 g/mol. The summed E-state index contributed by atoms with van der Waals surface area (Å²) in [6.45, 7) is 4.26. The van der Waals surface area contributed by atoms with E-state index in [4.69, 9.17) is 0 Å². The first-order valence-corrected chi connectivity index (χ1v) is 14.1. The molecular formula is C31H31FN2O3S. The molecule has 0 atom stereocenters. The summed E-state index contributed by atoms with van der Waals surface area (Å²) in [5, 5.41) is 0. The molecule has 0 spiro atoms. The molecule has 0 aromatic heterocycles. The predicted molar refractivity (Wildman–Crippen MR) is 151 cm³/mol. The number of hydrogen-bond donors (Lipinski definition) is 1. The van der Waals surface area contributed by atoms with Crippen molar-refractivity contribution in [3.63, 3.8) is 0 Å². The van der Waals surface area contributed by atoms with Gasteiger partial charge in [-0.3, -0.25) is 9.52 Å². The number of amides is 1. The molecule has 5 nitrogen and oxygen atoms in total. The number of unbranched alkanes of at least 4 members (excludes halogenated alkanes) is 1. The van der Waals surface area contributed by atoms with Crippen LogP contribution in [0.25, 0.3) is 11.1 Å². The Balaban J connectivity index is 1.52. The van der Waals surface area contributed by atoms with Crippen LogP contribution in [-0.4, -0.2) is 14.3 Å². The van der Waals surface area contributed by atoms with E-state index in [0.717, 1.165) is 35.1 Å². The highest BCUT2D eigenvalue weighted by atomic mass is 32.2. The summed E-state index contributed by atoms with van der Waals surface area (Å²) in [5.41, 5.74) is 4.63. The van der Waals surface area contributed by atoms with E-state index in [9.17, 15) is 17.6 Å². The van der Waals surface area contributed by atoms with Gasteiger partial charge in [0.1, 0.15) is 5.82 Å². The molecule has 7 heteroatoms. The van der Waals surface area contributed by atoms with E-state index in [1.165, 1.54) is 12.1 Å². The highest BCUT2D eigenvalue weighted by Gasteiger charge is 2.17. The number of aryl methyl sites for hydroxylation is 1. The Morgan fingerprint density at radius 3 is 2.26 bits per heavy atom. The molecule has 0 aliphatic rings. The molecule has 4 aromatic rings. The molecule has 0 saturated carbocycles. The van der Waals surface area contributed by atoms with Gasteiger partial charge in [0.2, 0.25) is 5.91 Å². The van der Waals surface area contributed by atoms with Crippen molar-refractivity contribution in [3.05, 3.63) is 114 Å². The summed E-state index contributed by atoms with van der Waals surface area (Å²) in [6, 6.07) is 27.7. The fourth-order valence-corrected chi connectivity index (χ4v) is 5.16. The van der Waals surface area contributed by atoms with Gasteiger partial charge in [-0.05, 0) is 72.5 Å². The fourth-order valence-electron chi connectivity index (χ4n) is 4.11. The molecule has 0 bridgehead atoms. The van der Waals surface area contributed by atoms with Crippen LogP contribution in [0.15, 0.2) is 102 Å². The van der Waals surface area contributed by atoms with Gasteiger partial charge in [0.15, 0.2) is 0 Å². The van der Waals surface area contributed by atoms with Crippen LogP contribution in [0, 0.1) is 12.7 Å². The van der Waals surface area contributed by atoms with Crippen LogP contribution in [0.1, 0.15) is 37.3 Å². The quantitative estimate of drug-likeness (QED) is 0.234. The molecule has 0 saturated heterocycles. The number of benzene rings is 4. The molecule has 1 amide bonds. The average Bonchev–Trinajstić information content (AvgIpc) is 2.91. The van der Waals surface area contributed by atoms with E-state index in [1.54, 1.807) is 59.5 Å². The minimum absolute atomic E-state index is 0.0462. The van der Waals surface area contributed by atoms with Gasteiger partial charge in [-0.1, -0.05) is 73.5 Å². The van der Waals surface area contributed by atoms with Crippen LogP contribution in [0.2, 0.25) is 0 Å². The molecule has 4 rings (SSSR count). The van der Waals surface area contributed by atoms with Crippen LogP contribution in [0.5, 0.6) is 0 Å². The smallest absolute Gasteiger partial charge is 0.261 e. The maximum absolute atomic E-state index is 13.9. The molecule has 196 valence electrons. The number of nitrogens with one attached hydrogen (secondary N) is 1. The van der Waals surface area contributed by atoms with Crippen LogP contribution in [-0.2, 0) is 21.4 Å². The first-order chi connectivity index (χ1) is 18.2. The summed E-state index contributed by atoms with van der Waals surface area (Å²) in [6.07, 6.45) is 2.07. The summed E-state index contributed by atoms with van der Waals surface area (Å²) in [4.78, 5) is 14.7. The van der Waals surface area contributed by atoms with Gasteiger partial charge >= 0.3 is 0 Å². The molecule has 0 fully saturated rings. The second-order valence-corrected chi connectivity index (χ2v) is 10.9. The minimum atomic E-state index is -3.71. The van der Waals surface area contributed by atoms with E-state index >= 15 is 0 Å². The van der Waals surface area contributed by atoms with E-state index in [1.807, 2.05) is 44.2 Å². The minimum Gasteiger partial charge on any atom is -0.308 e. The molecule has 0 radical (unpaired) electrons. The molecule has 0 heterocycles. The molecule has 0 aliphatic heterocycles. The zero-order chi connectivity index (χ0) is 27.1. The topological polar surface area (TPSA) is 66.5 Å². The van der Waals surface area contributed by atoms with Crippen molar-refractivity contribution < 1.29 is 17.6 Å². The maximum Gasteiger partial charge on any atom is 0.261 e. The lowest BCUT2D eigenvalue weighted by atomic mass is 10.0. The second-order valence-electron chi connectivity index (χ2n) is 9.26. The standard InChI is InChI=1S/C31H31FN2O3S/c1-3-4-11-31(35)34(29-10-6-8-27(32)21-29)22-24-14-16-25(17-15-24)26-7-5-9-28(20-26)33-38(36,37)30-18-12-23(2)13-19-30/h5-10,12-21,33H,3-4,11,22H2,1-2H3. The third-order valence-electron chi connectivity index (χ3n) is 6.24. The largest absolute Gasteiger partial charge is 0.308 e. The molecule has 38 heavy (non-hydrogen) atoms. The Hall–Kier alpha value is -3.97. The van der Waals surface area contributed by atoms with E-state index in [-0.39, 0.29) is 16.6 Å². The number of carbonyl (C=O) groups is 1. The fraction of sp³-hybridized carbons (Fsp3) is 0.194. The van der Waals surface area contributed by atoms with Crippen LogP contribution in [0.4, 0.5) is 15.8 Å². The maximum atomic E-state index is 13.9. The van der Waals surface area contributed by atoms with Crippen molar-refractivity contribution in [2.45, 2.75) is 44.6 Å². The summed E-state index contributed by atoms with van der Waals surface area (Å²) in [5.74, 6) is -0.431. The van der Waals surface area contributed by atoms with Gasteiger partial charge in [0, 0.05) is 17.8 Å². The Morgan fingerprint density at radius 1 is 0.868 bits per heavy atom. The Bertz CT molecular complexity index is 1500. The van der Waals surface area contributed by atoms with Crippen LogP contribution in [0.3, 0.4) is 0 Å². The zero-order valence-electron chi connectivity index (χ0n) is 21.5. The first-order valence-electron chi connectivity index (χ1n) is 12.6. The van der Waals surface area contributed by atoms with Crippen molar-refractivity contribution in [3.8, 4) is 11.1 Å². The summed E-state index contributed by atoms with van der Waals surface area (Å²) >= 11 is 0. The monoisotopic (exact) mass is 530 g/mol. The Kier molecular flexibility index (Phi) is 8.59. The predicted octanol–water partition coefficient (Wildman–Crippen LogP) is 7.33. The SMILES string of the molecule is CCCCC(=O)N(Cc1ccc(-c2cccc(NS(=O)(=O)c3ccc(C)cc3)c2)cc1)c1cccc(F)c1. The van der Waals surface area contributed by atoms with Crippen molar-refractivity contribution in [2.24, 2.45) is 0 Å². The second kappa shape index (κ2) is 12.0. The number of anilines is 2. The van der Waals surface area contributed by atoms with Crippen molar-refractivity contribution >= 4 is 27.3 Å². The lowest BCUT2D eigenvalue weighted by Crippen LogP contribution is -2.30. The zero-order valence-corrected chi connectivity index (χ0v) is 22.3. The van der Waals surface area contributed by atoms with E-state index < -0.39 is 10.0 Å². The number of sulfonamides is 1. The number of rotatable bonds is 10. The van der Waals surface area contributed by atoms with Gasteiger partial charge in [-0.2, -0.15) is 0 Å². The summed E-state index contributed by atoms with van der Waals surface area (Å²) < 4.78 is 42.1.